The molecule has 0 saturated heterocycles. The summed E-state index contributed by atoms with van der Waals surface area (Å²) in [6.45, 7) is 0. The normalized spacial score (nSPS) is 14.0. The van der Waals surface area contributed by atoms with E-state index in [4.69, 9.17) is 0 Å². The van der Waals surface area contributed by atoms with Crippen LogP contribution in [0.5, 0.6) is 0 Å². The molecule has 186 valence electrons. The molecular formula is C27H22N4O5S. The van der Waals surface area contributed by atoms with Gasteiger partial charge in [-0.3, -0.25) is 24.3 Å². The number of nitrogens with zero attached hydrogens (tertiary/aromatic N) is 3. The van der Waals surface area contributed by atoms with Crippen LogP contribution in [0.15, 0.2) is 79.0 Å². The van der Waals surface area contributed by atoms with Gasteiger partial charge in [-0.2, -0.15) is 0 Å². The number of para-hydroxylation sites is 2. The van der Waals surface area contributed by atoms with E-state index in [-0.39, 0.29) is 23.3 Å². The molecule has 1 aromatic heterocycles. The average molecular weight is 515 g/mol. The van der Waals surface area contributed by atoms with E-state index in [1.807, 2.05) is 30.3 Å². The zero-order valence-electron chi connectivity index (χ0n) is 19.8. The third-order valence-electron chi connectivity index (χ3n) is 6.08. The zero-order chi connectivity index (χ0) is 26.2. The SMILES string of the molecule is CS(=O)(=O)CCC(C(=O)Nc1cccc(-c2cnc3ccccc3n2)c1)N1C(=O)c2ccccc2C1=O. The maximum absolute atomic E-state index is 13.4. The number of aromatic nitrogens is 2. The summed E-state index contributed by atoms with van der Waals surface area (Å²) in [5.41, 5.74) is 3.54. The maximum atomic E-state index is 13.4. The van der Waals surface area contributed by atoms with Crippen LogP contribution < -0.4 is 5.32 Å². The summed E-state index contributed by atoms with van der Waals surface area (Å²) in [5.74, 6) is -2.30. The number of benzene rings is 3. The minimum Gasteiger partial charge on any atom is -0.324 e. The van der Waals surface area contributed by atoms with Crippen LogP contribution in [0.25, 0.3) is 22.3 Å². The quantitative estimate of drug-likeness (QED) is 0.375. The minimum absolute atomic E-state index is 0.182. The molecule has 0 aliphatic carbocycles. The molecule has 0 spiro atoms. The van der Waals surface area contributed by atoms with Gasteiger partial charge in [0.25, 0.3) is 11.8 Å². The lowest BCUT2D eigenvalue weighted by Crippen LogP contribution is -2.48. The van der Waals surface area contributed by atoms with Gasteiger partial charge in [-0.25, -0.2) is 13.4 Å². The number of nitrogens with one attached hydrogen (secondary N) is 1. The van der Waals surface area contributed by atoms with Gasteiger partial charge >= 0.3 is 0 Å². The number of anilines is 1. The van der Waals surface area contributed by atoms with Crippen molar-refractivity contribution < 1.29 is 22.8 Å². The zero-order valence-corrected chi connectivity index (χ0v) is 20.6. The monoisotopic (exact) mass is 514 g/mol. The van der Waals surface area contributed by atoms with Gasteiger partial charge in [0, 0.05) is 17.5 Å². The first kappa shape index (κ1) is 24.3. The molecule has 1 atom stereocenters. The van der Waals surface area contributed by atoms with Gasteiger partial charge in [0.2, 0.25) is 5.91 Å². The Hall–Kier alpha value is -4.44. The number of sulfone groups is 1. The number of hydrogen-bond donors (Lipinski definition) is 1. The van der Waals surface area contributed by atoms with Crippen LogP contribution >= 0.6 is 0 Å². The Kier molecular flexibility index (Phi) is 6.26. The van der Waals surface area contributed by atoms with Crippen LogP contribution in [0, 0.1) is 0 Å². The molecule has 3 amide bonds. The van der Waals surface area contributed by atoms with Crippen molar-refractivity contribution in [3.8, 4) is 11.3 Å². The molecule has 2 heterocycles. The number of carbonyl (C=O) groups excluding carboxylic acids is 3. The second-order valence-electron chi connectivity index (χ2n) is 8.77. The highest BCUT2D eigenvalue weighted by atomic mass is 32.2. The van der Waals surface area contributed by atoms with Crippen molar-refractivity contribution in [2.24, 2.45) is 0 Å². The minimum atomic E-state index is -3.46. The van der Waals surface area contributed by atoms with Gasteiger partial charge in [0.1, 0.15) is 15.9 Å². The fourth-order valence-electron chi connectivity index (χ4n) is 4.27. The van der Waals surface area contributed by atoms with Gasteiger partial charge in [0.05, 0.1) is 39.8 Å². The average Bonchev–Trinajstić information content (AvgIpc) is 3.13. The Morgan fingerprint density at radius 2 is 1.57 bits per heavy atom. The first-order valence-corrected chi connectivity index (χ1v) is 13.5. The largest absolute Gasteiger partial charge is 0.324 e. The van der Waals surface area contributed by atoms with Crippen molar-refractivity contribution >= 4 is 44.3 Å². The molecule has 10 heteroatoms. The molecular weight excluding hydrogens is 492 g/mol. The number of amides is 3. The Morgan fingerprint density at radius 3 is 2.24 bits per heavy atom. The van der Waals surface area contributed by atoms with Crippen molar-refractivity contribution in [3.63, 3.8) is 0 Å². The van der Waals surface area contributed by atoms with E-state index in [0.29, 0.717) is 16.9 Å². The van der Waals surface area contributed by atoms with Crippen molar-refractivity contribution in [1.29, 1.82) is 0 Å². The van der Waals surface area contributed by atoms with E-state index in [1.54, 1.807) is 36.5 Å². The van der Waals surface area contributed by atoms with E-state index in [9.17, 15) is 22.8 Å². The second-order valence-corrected chi connectivity index (χ2v) is 11.0. The lowest BCUT2D eigenvalue weighted by atomic mass is 10.1. The Bertz CT molecular complexity index is 1630. The van der Waals surface area contributed by atoms with E-state index >= 15 is 0 Å². The van der Waals surface area contributed by atoms with Gasteiger partial charge < -0.3 is 5.32 Å². The lowest BCUT2D eigenvalue weighted by molar-refractivity contribution is -0.120. The first-order chi connectivity index (χ1) is 17.7. The van der Waals surface area contributed by atoms with Gasteiger partial charge in [-0.1, -0.05) is 36.4 Å². The summed E-state index contributed by atoms with van der Waals surface area (Å²) in [6.07, 6.45) is 2.45. The highest BCUT2D eigenvalue weighted by Crippen LogP contribution is 2.27. The molecule has 0 fully saturated rings. The van der Waals surface area contributed by atoms with E-state index in [0.717, 1.165) is 22.2 Å². The molecule has 5 rings (SSSR count). The van der Waals surface area contributed by atoms with Crippen LogP contribution in [0.2, 0.25) is 0 Å². The van der Waals surface area contributed by atoms with Crippen molar-refractivity contribution in [2.45, 2.75) is 12.5 Å². The Labute approximate surface area is 213 Å². The second kappa shape index (κ2) is 9.55. The number of hydrogen-bond acceptors (Lipinski definition) is 7. The molecule has 0 bridgehead atoms. The molecule has 1 aliphatic rings. The fraction of sp³-hybridized carbons (Fsp3) is 0.148. The van der Waals surface area contributed by atoms with Gasteiger partial charge in [-0.05, 0) is 42.8 Å². The summed E-state index contributed by atoms with van der Waals surface area (Å²) in [6, 6.07) is 19.3. The van der Waals surface area contributed by atoms with Gasteiger partial charge in [-0.15, -0.1) is 0 Å². The van der Waals surface area contributed by atoms with E-state index in [2.05, 4.69) is 15.3 Å². The van der Waals surface area contributed by atoms with Crippen LogP contribution in [0.3, 0.4) is 0 Å². The predicted octanol–water partition coefficient (Wildman–Crippen LogP) is 3.33. The topological polar surface area (TPSA) is 126 Å². The van der Waals surface area contributed by atoms with Crippen molar-refractivity contribution in [1.82, 2.24) is 14.9 Å². The standard InChI is InChI=1S/C27H22N4O5S/c1-37(35,36)14-13-24(31-26(33)19-9-2-3-10-20(19)27(31)34)25(32)29-18-8-6-7-17(15-18)23-16-28-21-11-4-5-12-22(21)30-23/h2-12,15-16,24H,13-14H2,1H3,(H,29,32). The van der Waals surface area contributed by atoms with Crippen molar-refractivity contribution in [2.75, 3.05) is 17.3 Å². The van der Waals surface area contributed by atoms with Crippen LogP contribution in [0.4, 0.5) is 5.69 Å². The van der Waals surface area contributed by atoms with E-state index < -0.39 is 33.6 Å². The molecule has 37 heavy (non-hydrogen) atoms. The number of rotatable bonds is 7. The van der Waals surface area contributed by atoms with E-state index in [1.165, 1.54) is 12.1 Å². The Balaban J connectivity index is 1.43. The molecule has 4 aromatic rings. The number of imide groups is 1. The van der Waals surface area contributed by atoms with Crippen LogP contribution in [-0.2, 0) is 14.6 Å². The molecule has 0 radical (unpaired) electrons. The summed E-state index contributed by atoms with van der Waals surface area (Å²) in [5, 5.41) is 2.74. The third kappa shape index (κ3) is 4.96. The molecule has 1 N–H and O–H groups in total. The number of fused-ring (bicyclic) bond motifs is 2. The smallest absolute Gasteiger partial charge is 0.262 e. The highest BCUT2D eigenvalue weighted by molar-refractivity contribution is 7.90. The first-order valence-electron chi connectivity index (χ1n) is 11.5. The van der Waals surface area contributed by atoms with Crippen LogP contribution in [0.1, 0.15) is 27.1 Å². The number of carbonyl (C=O) groups is 3. The summed E-state index contributed by atoms with van der Waals surface area (Å²) >= 11 is 0. The van der Waals surface area contributed by atoms with Crippen LogP contribution in [-0.4, -0.2) is 59.1 Å². The lowest BCUT2D eigenvalue weighted by Gasteiger charge is -2.25. The molecule has 9 nitrogen and oxygen atoms in total. The maximum Gasteiger partial charge on any atom is 0.262 e. The molecule has 1 aliphatic heterocycles. The summed E-state index contributed by atoms with van der Waals surface area (Å²) in [7, 11) is -3.46. The summed E-state index contributed by atoms with van der Waals surface area (Å²) in [4.78, 5) is 49.4. The predicted molar refractivity (Wildman–Crippen MR) is 139 cm³/mol. The summed E-state index contributed by atoms with van der Waals surface area (Å²) < 4.78 is 23.7. The fourth-order valence-corrected chi connectivity index (χ4v) is 4.92. The third-order valence-corrected chi connectivity index (χ3v) is 7.05. The van der Waals surface area contributed by atoms with Crippen molar-refractivity contribution in [3.05, 3.63) is 90.1 Å². The Morgan fingerprint density at radius 1 is 0.919 bits per heavy atom. The molecule has 1 unspecified atom stereocenters. The highest BCUT2D eigenvalue weighted by Gasteiger charge is 2.42. The van der Waals surface area contributed by atoms with Gasteiger partial charge in [0.15, 0.2) is 0 Å². The molecule has 0 saturated carbocycles. The molecule has 3 aromatic carbocycles.